The molecule has 110 valence electrons. The minimum atomic E-state index is 0.491. The lowest BCUT2D eigenvalue weighted by molar-refractivity contribution is 0.0309. The minimum absolute atomic E-state index is 0.491. The maximum Gasteiger partial charge on any atom is 0.0720 e. The summed E-state index contributed by atoms with van der Waals surface area (Å²) in [5, 5.41) is 3.57. The summed E-state index contributed by atoms with van der Waals surface area (Å²) in [6.45, 7) is 1.78. The van der Waals surface area contributed by atoms with Crippen LogP contribution in [-0.4, -0.2) is 12.1 Å². The predicted octanol–water partition coefficient (Wildman–Crippen LogP) is 4.18. The predicted molar refractivity (Wildman–Crippen MR) is 82.6 cm³/mol. The van der Waals surface area contributed by atoms with Crippen molar-refractivity contribution in [1.29, 1.82) is 0 Å². The Morgan fingerprint density at radius 2 is 1.70 bits per heavy atom. The highest BCUT2D eigenvalue weighted by Gasteiger charge is 2.19. The molecule has 0 heterocycles. The molecule has 0 atom stereocenters. The zero-order chi connectivity index (χ0) is 13.6. The average Bonchev–Trinajstić information content (AvgIpc) is 3.31. The van der Waals surface area contributed by atoms with Crippen molar-refractivity contribution in [3.63, 3.8) is 0 Å². The molecule has 0 bridgehead atoms. The van der Waals surface area contributed by atoms with Crippen molar-refractivity contribution in [2.24, 2.45) is 0 Å². The van der Waals surface area contributed by atoms with E-state index in [4.69, 9.17) is 4.74 Å². The highest BCUT2D eigenvalue weighted by atomic mass is 16.5. The van der Waals surface area contributed by atoms with E-state index in [0.29, 0.717) is 6.10 Å². The van der Waals surface area contributed by atoms with Crippen LogP contribution in [0.4, 0.5) is 0 Å². The fourth-order valence-electron chi connectivity index (χ4n) is 3.00. The molecule has 2 fully saturated rings. The first kappa shape index (κ1) is 14.1. The molecule has 2 aliphatic carbocycles. The molecule has 2 heteroatoms. The number of nitrogens with one attached hydrogen (secondary N) is 1. The molecular weight excluding hydrogens is 246 g/mol. The van der Waals surface area contributed by atoms with Crippen molar-refractivity contribution in [1.82, 2.24) is 5.32 Å². The summed E-state index contributed by atoms with van der Waals surface area (Å²) >= 11 is 0. The van der Waals surface area contributed by atoms with Gasteiger partial charge in [0.05, 0.1) is 12.7 Å². The molecule has 2 saturated carbocycles. The van der Waals surface area contributed by atoms with Crippen LogP contribution in [0.5, 0.6) is 0 Å². The van der Waals surface area contributed by atoms with E-state index in [2.05, 4.69) is 29.6 Å². The molecule has 0 spiro atoms. The Morgan fingerprint density at radius 3 is 2.45 bits per heavy atom. The van der Waals surface area contributed by atoms with E-state index < -0.39 is 0 Å². The van der Waals surface area contributed by atoms with Crippen LogP contribution in [0.15, 0.2) is 24.3 Å². The van der Waals surface area contributed by atoms with Crippen molar-refractivity contribution in [2.75, 3.05) is 0 Å². The first-order valence-electron chi connectivity index (χ1n) is 8.33. The Balaban J connectivity index is 1.47. The number of hydrogen-bond donors (Lipinski definition) is 1. The van der Waals surface area contributed by atoms with Gasteiger partial charge in [0.1, 0.15) is 0 Å². The van der Waals surface area contributed by atoms with Gasteiger partial charge in [-0.3, -0.25) is 0 Å². The minimum Gasteiger partial charge on any atom is -0.374 e. The summed E-state index contributed by atoms with van der Waals surface area (Å²) in [7, 11) is 0. The van der Waals surface area contributed by atoms with E-state index in [9.17, 15) is 0 Å². The third-order valence-corrected chi connectivity index (χ3v) is 4.45. The van der Waals surface area contributed by atoms with Crippen molar-refractivity contribution in [3.8, 4) is 0 Å². The number of benzene rings is 1. The van der Waals surface area contributed by atoms with Crippen LogP contribution in [0.3, 0.4) is 0 Å². The van der Waals surface area contributed by atoms with Gasteiger partial charge >= 0.3 is 0 Å². The quantitative estimate of drug-likeness (QED) is 0.785. The van der Waals surface area contributed by atoms with Gasteiger partial charge in [-0.15, -0.1) is 0 Å². The van der Waals surface area contributed by atoms with Gasteiger partial charge in [-0.1, -0.05) is 49.9 Å². The van der Waals surface area contributed by atoms with Crippen LogP contribution in [0.25, 0.3) is 0 Å². The smallest absolute Gasteiger partial charge is 0.0720 e. The first-order valence-corrected chi connectivity index (χ1v) is 8.33. The maximum atomic E-state index is 6.12. The molecule has 2 nitrogen and oxygen atoms in total. The van der Waals surface area contributed by atoms with Crippen LogP contribution in [-0.2, 0) is 17.9 Å². The standard InChI is InChI=1S/C18H27NO/c1-2-4-9-18(8-3-1)20-14-16-7-5-6-15(12-16)13-19-17-10-11-17/h5-7,12,17-19H,1-4,8-11,13-14H2. The van der Waals surface area contributed by atoms with E-state index in [1.54, 1.807) is 0 Å². The van der Waals surface area contributed by atoms with Crippen LogP contribution < -0.4 is 5.32 Å². The summed E-state index contributed by atoms with van der Waals surface area (Å²) in [6.07, 6.45) is 11.2. The number of hydrogen-bond acceptors (Lipinski definition) is 2. The van der Waals surface area contributed by atoms with E-state index in [1.807, 2.05) is 0 Å². The Morgan fingerprint density at radius 1 is 0.950 bits per heavy atom. The molecule has 1 aromatic carbocycles. The van der Waals surface area contributed by atoms with Gasteiger partial charge in [0, 0.05) is 12.6 Å². The molecule has 3 rings (SSSR count). The summed E-state index contributed by atoms with van der Waals surface area (Å²) in [5.41, 5.74) is 2.71. The van der Waals surface area contributed by atoms with Crippen LogP contribution in [0, 0.1) is 0 Å². The number of ether oxygens (including phenoxy) is 1. The van der Waals surface area contributed by atoms with E-state index in [-0.39, 0.29) is 0 Å². The van der Waals surface area contributed by atoms with Gasteiger partial charge in [-0.25, -0.2) is 0 Å². The van der Waals surface area contributed by atoms with Gasteiger partial charge in [0.15, 0.2) is 0 Å². The lowest BCUT2D eigenvalue weighted by atomic mass is 10.1. The molecule has 1 N–H and O–H groups in total. The maximum absolute atomic E-state index is 6.12. The zero-order valence-electron chi connectivity index (χ0n) is 12.4. The summed E-state index contributed by atoms with van der Waals surface area (Å²) in [5.74, 6) is 0. The van der Waals surface area contributed by atoms with Crippen LogP contribution in [0.1, 0.15) is 62.5 Å². The summed E-state index contributed by atoms with van der Waals surface area (Å²) in [4.78, 5) is 0. The first-order chi connectivity index (χ1) is 9.90. The second kappa shape index (κ2) is 7.24. The van der Waals surface area contributed by atoms with Crippen molar-refractivity contribution in [3.05, 3.63) is 35.4 Å². The topological polar surface area (TPSA) is 21.3 Å². The molecule has 20 heavy (non-hydrogen) atoms. The fraction of sp³-hybridized carbons (Fsp3) is 0.667. The molecule has 1 aromatic rings. The van der Waals surface area contributed by atoms with Gasteiger partial charge in [-0.2, -0.15) is 0 Å². The monoisotopic (exact) mass is 273 g/mol. The lowest BCUT2D eigenvalue weighted by Crippen LogP contribution is -2.15. The second-order valence-corrected chi connectivity index (χ2v) is 6.40. The van der Waals surface area contributed by atoms with E-state index in [0.717, 1.165) is 19.2 Å². The third kappa shape index (κ3) is 4.60. The Hall–Kier alpha value is -0.860. The van der Waals surface area contributed by atoms with Crippen LogP contribution in [0.2, 0.25) is 0 Å². The SMILES string of the molecule is c1cc(CNC2CC2)cc(COC2CCCCCC2)c1. The van der Waals surface area contributed by atoms with Gasteiger partial charge in [0.25, 0.3) is 0 Å². The van der Waals surface area contributed by atoms with E-state index >= 15 is 0 Å². The highest BCUT2D eigenvalue weighted by molar-refractivity contribution is 5.23. The largest absolute Gasteiger partial charge is 0.374 e. The molecule has 0 unspecified atom stereocenters. The summed E-state index contributed by atoms with van der Waals surface area (Å²) < 4.78 is 6.12. The van der Waals surface area contributed by atoms with Crippen molar-refractivity contribution < 1.29 is 4.74 Å². The number of rotatable bonds is 6. The van der Waals surface area contributed by atoms with E-state index in [1.165, 1.54) is 62.5 Å². The zero-order valence-corrected chi connectivity index (χ0v) is 12.4. The Labute approximate surface area is 122 Å². The summed E-state index contributed by atoms with van der Waals surface area (Å²) in [6, 6.07) is 9.64. The van der Waals surface area contributed by atoms with Gasteiger partial charge < -0.3 is 10.1 Å². The molecule has 0 aliphatic heterocycles. The fourth-order valence-corrected chi connectivity index (χ4v) is 3.00. The second-order valence-electron chi connectivity index (χ2n) is 6.40. The molecule has 2 aliphatic rings. The van der Waals surface area contributed by atoms with Crippen LogP contribution >= 0.6 is 0 Å². The third-order valence-electron chi connectivity index (χ3n) is 4.45. The van der Waals surface area contributed by atoms with Crippen molar-refractivity contribution >= 4 is 0 Å². The molecule has 0 amide bonds. The molecule has 0 radical (unpaired) electrons. The normalized spacial score (nSPS) is 20.8. The lowest BCUT2D eigenvalue weighted by Gasteiger charge is -2.15. The average molecular weight is 273 g/mol. The molecule has 0 aromatic heterocycles. The van der Waals surface area contributed by atoms with Crippen molar-refractivity contribution in [2.45, 2.75) is 76.7 Å². The molecular formula is C18H27NO. The highest BCUT2D eigenvalue weighted by Crippen LogP contribution is 2.22. The van der Waals surface area contributed by atoms with Gasteiger partial charge in [0.2, 0.25) is 0 Å². The van der Waals surface area contributed by atoms with Gasteiger partial charge in [-0.05, 0) is 36.8 Å². The molecule has 0 saturated heterocycles. The Kier molecular flexibility index (Phi) is 5.10. The Bertz CT molecular complexity index is 406.